The summed E-state index contributed by atoms with van der Waals surface area (Å²) in [5.74, 6) is 0.545. The normalized spacial score (nSPS) is 17.9. The van der Waals surface area contributed by atoms with Gasteiger partial charge in [-0.1, -0.05) is 29.4 Å². The van der Waals surface area contributed by atoms with E-state index in [1.807, 2.05) is 36.4 Å². The Labute approximate surface area is 162 Å². The lowest BCUT2D eigenvalue weighted by atomic mass is 10.2. The number of hydrogen-bond acceptors (Lipinski definition) is 7. The van der Waals surface area contributed by atoms with Crippen molar-refractivity contribution in [2.75, 3.05) is 19.8 Å². The van der Waals surface area contributed by atoms with Crippen LogP contribution >= 0.6 is 0 Å². The average Bonchev–Trinajstić information content (AvgIpc) is 3.24. The Hall–Kier alpha value is -3.06. The van der Waals surface area contributed by atoms with E-state index in [9.17, 15) is 8.42 Å². The second-order valence-electron chi connectivity index (χ2n) is 6.17. The summed E-state index contributed by atoms with van der Waals surface area (Å²) in [6.07, 6.45) is 0. The molecule has 3 aromatic rings. The van der Waals surface area contributed by atoms with Gasteiger partial charge in [-0.2, -0.15) is 14.6 Å². The van der Waals surface area contributed by atoms with Crippen molar-refractivity contribution in [1.82, 2.24) is 14.4 Å². The number of rotatable bonds is 4. The van der Waals surface area contributed by atoms with Crippen molar-refractivity contribution in [2.24, 2.45) is 0 Å². The average molecular weight is 396 g/mol. The molecule has 1 aliphatic rings. The molecule has 0 amide bonds. The van der Waals surface area contributed by atoms with Crippen molar-refractivity contribution in [1.29, 1.82) is 5.26 Å². The number of ether oxygens (including phenoxy) is 1. The third-order valence-corrected chi connectivity index (χ3v) is 6.31. The van der Waals surface area contributed by atoms with Gasteiger partial charge in [-0.15, -0.1) is 0 Å². The molecule has 0 radical (unpaired) electrons. The van der Waals surface area contributed by atoms with Crippen molar-refractivity contribution < 1.29 is 17.7 Å². The molecule has 1 aliphatic heterocycles. The molecule has 1 atom stereocenters. The Bertz CT molecular complexity index is 1120. The number of morpholine rings is 1. The largest absolute Gasteiger partial charge is 0.378 e. The molecule has 28 heavy (non-hydrogen) atoms. The summed E-state index contributed by atoms with van der Waals surface area (Å²) in [6.45, 7) is 0.529. The Balaban J connectivity index is 1.69. The molecule has 8 nitrogen and oxygen atoms in total. The topological polar surface area (TPSA) is 109 Å². The van der Waals surface area contributed by atoms with Crippen molar-refractivity contribution in [2.45, 2.75) is 10.9 Å². The van der Waals surface area contributed by atoms with Crippen LogP contribution in [0.2, 0.25) is 0 Å². The zero-order chi connectivity index (χ0) is 19.6. The van der Waals surface area contributed by atoms with E-state index in [2.05, 4.69) is 10.1 Å². The number of benzene rings is 2. The molecule has 0 saturated carbocycles. The summed E-state index contributed by atoms with van der Waals surface area (Å²) in [5, 5.41) is 13.1. The number of nitriles is 1. The van der Waals surface area contributed by atoms with Gasteiger partial charge in [-0.3, -0.25) is 0 Å². The highest BCUT2D eigenvalue weighted by atomic mass is 32.2. The third kappa shape index (κ3) is 3.41. The summed E-state index contributed by atoms with van der Waals surface area (Å²) >= 11 is 0. The highest BCUT2D eigenvalue weighted by molar-refractivity contribution is 7.89. The minimum absolute atomic E-state index is 0.0465. The molecule has 0 N–H and O–H groups in total. The lowest BCUT2D eigenvalue weighted by Crippen LogP contribution is -2.43. The molecule has 0 unspecified atom stereocenters. The van der Waals surface area contributed by atoms with Crippen LogP contribution in [0.25, 0.3) is 11.5 Å². The first-order valence-electron chi connectivity index (χ1n) is 8.58. The maximum absolute atomic E-state index is 13.2. The van der Waals surface area contributed by atoms with Gasteiger partial charge in [0.25, 0.3) is 5.89 Å². The molecule has 2 heterocycles. The van der Waals surface area contributed by atoms with Gasteiger partial charge in [0, 0.05) is 12.1 Å². The summed E-state index contributed by atoms with van der Waals surface area (Å²) in [4.78, 5) is 4.43. The van der Waals surface area contributed by atoms with Crippen LogP contribution in [-0.4, -0.2) is 42.6 Å². The van der Waals surface area contributed by atoms with E-state index in [1.54, 1.807) is 12.1 Å². The van der Waals surface area contributed by atoms with E-state index in [0.717, 1.165) is 5.56 Å². The van der Waals surface area contributed by atoms with Gasteiger partial charge in [0.2, 0.25) is 10.0 Å². The molecule has 9 heteroatoms. The molecule has 4 rings (SSSR count). The SMILES string of the molecule is N#Cc1cccc(S(=O)(=O)N2CCOC[C@@H]2c2noc(-c3ccccc3)n2)c1. The van der Waals surface area contributed by atoms with Crippen molar-refractivity contribution in [3.05, 3.63) is 66.0 Å². The Morgan fingerprint density at radius 1 is 1.14 bits per heavy atom. The predicted octanol–water partition coefficient (Wildman–Crippen LogP) is 2.37. The minimum Gasteiger partial charge on any atom is -0.378 e. The maximum Gasteiger partial charge on any atom is 0.257 e. The molecular formula is C19H16N4O4S. The van der Waals surface area contributed by atoms with Crippen LogP contribution in [0.3, 0.4) is 0 Å². The van der Waals surface area contributed by atoms with E-state index in [-0.39, 0.29) is 36.0 Å². The summed E-state index contributed by atoms with van der Waals surface area (Å²) in [5.41, 5.74) is 1.02. The molecule has 2 aromatic carbocycles. The maximum atomic E-state index is 13.2. The van der Waals surface area contributed by atoms with E-state index < -0.39 is 16.1 Å². The quantitative estimate of drug-likeness (QED) is 0.666. The van der Waals surface area contributed by atoms with E-state index in [4.69, 9.17) is 14.5 Å². The smallest absolute Gasteiger partial charge is 0.257 e. The fourth-order valence-corrected chi connectivity index (χ4v) is 4.61. The van der Waals surface area contributed by atoms with Gasteiger partial charge in [0.05, 0.1) is 29.7 Å². The van der Waals surface area contributed by atoms with E-state index in [1.165, 1.54) is 16.4 Å². The van der Waals surface area contributed by atoms with Crippen molar-refractivity contribution in [3.8, 4) is 17.5 Å². The predicted molar refractivity (Wildman–Crippen MR) is 98.3 cm³/mol. The van der Waals surface area contributed by atoms with Crippen LogP contribution in [0.15, 0.2) is 64.0 Å². The van der Waals surface area contributed by atoms with E-state index >= 15 is 0 Å². The van der Waals surface area contributed by atoms with Crippen LogP contribution in [0.5, 0.6) is 0 Å². The standard InChI is InChI=1S/C19H16N4O4S/c20-12-14-5-4-8-16(11-14)28(24,25)23-9-10-26-13-17(23)18-21-19(27-22-18)15-6-2-1-3-7-15/h1-8,11,17H,9-10,13H2/t17-/m1/s1. The van der Waals surface area contributed by atoms with Gasteiger partial charge < -0.3 is 9.26 Å². The van der Waals surface area contributed by atoms with Crippen molar-refractivity contribution in [3.63, 3.8) is 0 Å². The van der Waals surface area contributed by atoms with Crippen LogP contribution in [-0.2, 0) is 14.8 Å². The lowest BCUT2D eigenvalue weighted by molar-refractivity contribution is 0.0282. The monoisotopic (exact) mass is 396 g/mol. The Morgan fingerprint density at radius 3 is 2.75 bits per heavy atom. The second kappa shape index (κ2) is 7.52. The van der Waals surface area contributed by atoms with Gasteiger partial charge in [0.1, 0.15) is 6.04 Å². The molecule has 1 fully saturated rings. The molecule has 1 aromatic heterocycles. The molecule has 1 saturated heterocycles. The zero-order valence-electron chi connectivity index (χ0n) is 14.7. The Morgan fingerprint density at radius 2 is 1.96 bits per heavy atom. The van der Waals surface area contributed by atoms with Crippen LogP contribution in [0.1, 0.15) is 17.4 Å². The Kier molecular flexibility index (Phi) is 4.92. The number of sulfonamides is 1. The lowest BCUT2D eigenvalue weighted by Gasteiger charge is -2.32. The fraction of sp³-hybridized carbons (Fsp3) is 0.211. The van der Waals surface area contributed by atoms with E-state index in [0.29, 0.717) is 5.89 Å². The van der Waals surface area contributed by atoms with Gasteiger partial charge in [-0.25, -0.2) is 8.42 Å². The molecule has 142 valence electrons. The first kappa shape index (κ1) is 18.3. The van der Waals surface area contributed by atoms with Crippen molar-refractivity contribution >= 4 is 10.0 Å². The summed E-state index contributed by atoms with van der Waals surface area (Å²) in [7, 11) is -3.87. The summed E-state index contributed by atoms with van der Waals surface area (Å²) in [6, 6.07) is 16.4. The summed E-state index contributed by atoms with van der Waals surface area (Å²) < 4.78 is 38.5. The van der Waals surface area contributed by atoms with Gasteiger partial charge in [-0.05, 0) is 30.3 Å². The molecule has 0 bridgehead atoms. The van der Waals surface area contributed by atoms with Gasteiger partial charge in [0.15, 0.2) is 5.82 Å². The zero-order valence-corrected chi connectivity index (χ0v) is 15.5. The highest BCUT2D eigenvalue weighted by Crippen LogP contribution is 2.30. The van der Waals surface area contributed by atoms with Crippen LogP contribution in [0.4, 0.5) is 0 Å². The molecule has 0 spiro atoms. The number of nitrogens with zero attached hydrogens (tertiary/aromatic N) is 4. The third-order valence-electron chi connectivity index (χ3n) is 4.41. The molecular weight excluding hydrogens is 380 g/mol. The van der Waals surface area contributed by atoms with Gasteiger partial charge >= 0.3 is 0 Å². The first-order chi connectivity index (χ1) is 13.6. The number of hydrogen-bond donors (Lipinski definition) is 0. The fourth-order valence-electron chi connectivity index (χ4n) is 3.01. The van der Waals surface area contributed by atoms with Crippen LogP contribution < -0.4 is 0 Å². The first-order valence-corrected chi connectivity index (χ1v) is 10.0. The minimum atomic E-state index is -3.87. The number of aromatic nitrogens is 2. The highest BCUT2D eigenvalue weighted by Gasteiger charge is 2.38. The molecule has 0 aliphatic carbocycles. The van der Waals surface area contributed by atoms with Crippen LogP contribution in [0, 0.1) is 11.3 Å². The second-order valence-corrected chi connectivity index (χ2v) is 8.06.